The second-order valence-electron chi connectivity index (χ2n) is 8.73. The van der Waals surface area contributed by atoms with Crippen LogP contribution in [0.15, 0.2) is 60.2 Å². The van der Waals surface area contributed by atoms with Crippen molar-refractivity contribution in [2.24, 2.45) is 0 Å². The summed E-state index contributed by atoms with van der Waals surface area (Å²) in [5.74, 6) is -0.427. The van der Waals surface area contributed by atoms with E-state index in [1.54, 1.807) is 0 Å². The van der Waals surface area contributed by atoms with Gasteiger partial charge in [-0.15, -0.1) is 0 Å². The number of rotatable bonds is 10. The molecule has 0 saturated carbocycles. The molecule has 1 aromatic carbocycles. The van der Waals surface area contributed by atoms with Gasteiger partial charge in [0.15, 0.2) is 0 Å². The number of hydrogen-bond acceptors (Lipinski definition) is 5. The molecule has 3 N–H and O–H groups in total. The highest BCUT2D eigenvalue weighted by Crippen LogP contribution is 2.30. The fourth-order valence-electron chi connectivity index (χ4n) is 4.37. The first-order valence-electron chi connectivity index (χ1n) is 11.2. The monoisotopic (exact) mass is 463 g/mol. The molecule has 176 valence electrons. The molecular formula is C25H35ClFN3O2. The summed E-state index contributed by atoms with van der Waals surface area (Å²) in [6, 6.07) is 7.73. The minimum atomic E-state index is -0.427. The van der Waals surface area contributed by atoms with Crippen LogP contribution in [-0.4, -0.2) is 51.1 Å². The first-order chi connectivity index (χ1) is 15.3. The van der Waals surface area contributed by atoms with E-state index in [4.69, 9.17) is 21.1 Å². The molecule has 0 radical (unpaired) electrons. The van der Waals surface area contributed by atoms with Gasteiger partial charge in [-0.05, 0) is 50.9 Å². The Balaban J connectivity index is 1.60. The number of nitrogens with one attached hydrogen (secondary N) is 3. The van der Waals surface area contributed by atoms with Crippen molar-refractivity contribution in [3.05, 3.63) is 70.8 Å². The van der Waals surface area contributed by atoms with Crippen molar-refractivity contribution in [1.29, 1.82) is 0 Å². The predicted octanol–water partition coefficient (Wildman–Crippen LogP) is 4.26. The third-order valence-electron chi connectivity index (χ3n) is 6.27. The number of likely N-dealkylation sites (N-methyl/N-ethyl adjacent to an activating group) is 1. The normalized spacial score (nSPS) is 24.8. The Bertz CT molecular complexity index is 834. The van der Waals surface area contributed by atoms with Gasteiger partial charge in [0.05, 0.1) is 18.8 Å². The lowest BCUT2D eigenvalue weighted by Crippen LogP contribution is -2.54. The van der Waals surface area contributed by atoms with E-state index in [0.717, 1.165) is 49.5 Å². The second kappa shape index (κ2) is 11.4. The SMILES string of the molecule is C=C(F)/C(CC[C@@H]1CNCC2(CCOC2)O1)=C(\C)NC(=C)[C@H](Cc1ccc(Cl)cc1)NC. The Labute approximate surface area is 196 Å². The third-order valence-corrected chi connectivity index (χ3v) is 6.52. The van der Waals surface area contributed by atoms with E-state index >= 15 is 0 Å². The zero-order chi connectivity index (χ0) is 23.1. The van der Waals surface area contributed by atoms with Gasteiger partial charge < -0.3 is 25.4 Å². The summed E-state index contributed by atoms with van der Waals surface area (Å²) in [5, 5.41) is 10.7. The molecule has 2 heterocycles. The summed E-state index contributed by atoms with van der Waals surface area (Å²) in [6.45, 7) is 12.5. The average Bonchev–Trinajstić information content (AvgIpc) is 3.20. The molecule has 1 spiro atoms. The summed E-state index contributed by atoms with van der Waals surface area (Å²) in [5.41, 5.74) is 2.97. The first kappa shape index (κ1) is 24.9. The van der Waals surface area contributed by atoms with Crippen LogP contribution < -0.4 is 16.0 Å². The van der Waals surface area contributed by atoms with Crippen molar-refractivity contribution in [2.75, 3.05) is 33.4 Å². The number of halogens is 2. The molecule has 0 aliphatic carbocycles. The highest BCUT2D eigenvalue weighted by atomic mass is 35.5. The van der Waals surface area contributed by atoms with Gasteiger partial charge in [0.2, 0.25) is 0 Å². The van der Waals surface area contributed by atoms with Crippen LogP contribution >= 0.6 is 11.6 Å². The van der Waals surface area contributed by atoms with E-state index in [9.17, 15) is 4.39 Å². The van der Waals surface area contributed by atoms with Crippen molar-refractivity contribution >= 4 is 11.6 Å². The molecule has 1 aromatic rings. The van der Waals surface area contributed by atoms with Crippen molar-refractivity contribution < 1.29 is 13.9 Å². The lowest BCUT2D eigenvalue weighted by atomic mass is 9.97. The minimum absolute atomic E-state index is 0.0192. The Kier molecular flexibility index (Phi) is 8.91. The van der Waals surface area contributed by atoms with Crippen molar-refractivity contribution in [2.45, 2.75) is 50.4 Å². The number of hydrogen-bond donors (Lipinski definition) is 3. The van der Waals surface area contributed by atoms with Crippen LogP contribution in [0.4, 0.5) is 4.39 Å². The van der Waals surface area contributed by atoms with Crippen LogP contribution in [0.5, 0.6) is 0 Å². The second-order valence-corrected chi connectivity index (χ2v) is 9.16. The number of allylic oxidation sites excluding steroid dienone is 3. The van der Waals surface area contributed by atoms with Gasteiger partial charge in [0.25, 0.3) is 0 Å². The van der Waals surface area contributed by atoms with Crippen molar-refractivity contribution in [1.82, 2.24) is 16.0 Å². The minimum Gasteiger partial charge on any atom is -0.378 e. The largest absolute Gasteiger partial charge is 0.378 e. The highest BCUT2D eigenvalue weighted by Gasteiger charge is 2.40. The van der Waals surface area contributed by atoms with Crippen LogP contribution in [0.3, 0.4) is 0 Å². The smallest absolute Gasteiger partial charge is 0.120 e. The van der Waals surface area contributed by atoms with E-state index in [0.29, 0.717) is 30.0 Å². The lowest BCUT2D eigenvalue weighted by Gasteiger charge is -2.38. The van der Waals surface area contributed by atoms with Crippen LogP contribution in [0.1, 0.15) is 31.7 Å². The number of morpholine rings is 1. The van der Waals surface area contributed by atoms with E-state index in [-0.39, 0.29) is 17.7 Å². The summed E-state index contributed by atoms with van der Waals surface area (Å²) in [7, 11) is 1.89. The molecule has 3 atom stereocenters. The molecule has 2 aliphatic heterocycles. The molecule has 0 aromatic heterocycles. The Hall–Kier alpha value is -1.70. The Morgan fingerprint density at radius 2 is 2.09 bits per heavy atom. The molecule has 1 unspecified atom stereocenters. The predicted molar refractivity (Wildman–Crippen MR) is 128 cm³/mol. The number of ether oxygens (including phenoxy) is 2. The molecule has 3 rings (SSSR count). The summed E-state index contributed by atoms with van der Waals surface area (Å²) >= 11 is 5.98. The quantitative estimate of drug-likeness (QED) is 0.453. The molecule has 5 nitrogen and oxygen atoms in total. The van der Waals surface area contributed by atoms with Crippen LogP contribution in [-0.2, 0) is 15.9 Å². The molecule has 2 aliphatic rings. The van der Waals surface area contributed by atoms with Crippen molar-refractivity contribution in [3.63, 3.8) is 0 Å². The Morgan fingerprint density at radius 3 is 2.72 bits per heavy atom. The topological polar surface area (TPSA) is 54.5 Å². The van der Waals surface area contributed by atoms with Gasteiger partial charge in [-0.1, -0.05) is 36.9 Å². The summed E-state index contributed by atoms with van der Waals surface area (Å²) in [6.07, 6.45) is 2.90. The number of benzene rings is 1. The summed E-state index contributed by atoms with van der Waals surface area (Å²) < 4.78 is 26.2. The van der Waals surface area contributed by atoms with Crippen LogP contribution in [0, 0.1) is 0 Å². The zero-order valence-corrected chi connectivity index (χ0v) is 19.9. The maximum Gasteiger partial charge on any atom is 0.120 e. The van der Waals surface area contributed by atoms with Crippen molar-refractivity contribution in [3.8, 4) is 0 Å². The fraction of sp³-hybridized carbons (Fsp3) is 0.520. The lowest BCUT2D eigenvalue weighted by molar-refractivity contribution is -0.118. The maximum absolute atomic E-state index is 14.4. The molecule has 2 saturated heterocycles. The molecule has 32 heavy (non-hydrogen) atoms. The third kappa shape index (κ3) is 6.65. The average molecular weight is 464 g/mol. The van der Waals surface area contributed by atoms with Crippen LogP contribution in [0.2, 0.25) is 5.02 Å². The Morgan fingerprint density at radius 1 is 1.34 bits per heavy atom. The standard InChI is InChI=1S/C25H35ClFN3O2/c1-17(27)23(10-9-22-14-29-15-25(32-22)11-12-31-16-25)18(2)30-19(3)24(28-4)13-20-5-7-21(26)8-6-20/h5-8,22,24,28-30H,1,3,9-16H2,2,4H3/b23-18+/t22-,24+,25?/m1/s1. The molecule has 2 fully saturated rings. The fourth-order valence-corrected chi connectivity index (χ4v) is 4.50. The molecule has 7 heteroatoms. The van der Waals surface area contributed by atoms with Gasteiger partial charge in [0, 0.05) is 48.1 Å². The van der Waals surface area contributed by atoms with E-state index < -0.39 is 5.83 Å². The zero-order valence-electron chi connectivity index (χ0n) is 19.1. The van der Waals surface area contributed by atoms with Gasteiger partial charge >= 0.3 is 0 Å². The highest BCUT2D eigenvalue weighted by molar-refractivity contribution is 6.30. The molecular weight excluding hydrogens is 429 g/mol. The van der Waals surface area contributed by atoms with Gasteiger partial charge in [-0.25, -0.2) is 4.39 Å². The molecule has 0 bridgehead atoms. The van der Waals surface area contributed by atoms with E-state index in [1.165, 1.54) is 0 Å². The molecule has 0 amide bonds. The summed E-state index contributed by atoms with van der Waals surface area (Å²) in [4.78, 5) is 0. The van der Waals surface area contributed by atoms with E-state index in [1.807, 2.05) is 38.2 Å². The van der Waals surface area contributed by atoms with Gasteiger partial charge in [-0.2, -0.15) is 0 Å². The van der Waals surface area contributed by atoms with Crippen LogP contribution in [0.25, 0.3) is 0 Å². The first-order valence-corrected chi connectivity index (χ1v) is 11.6. The maximum atomic E-state index is 14.4. The van der Waals surface area contributed by atoms with Gasteiger partial charge in [-0.3, -0.25) is 0 Å². The van der Waals surface area contributed by atoms with Gasteiger partial charge in [0.1, 0.15) is 11.4 Å². The van der Waals surface area contributed by atoms with E-state index in [2.05, 4.69) is 29.1 Å².